The van der Waals surface area contributed by atoms with Crippen molar-refractivity contribution in [2.75, 3.05) is 11.4 Å². The first-order valence-corrected chi connectivity index (χ1v) is 16.4. The van der Waals surface area contributed by atoms with E-state index in [0.29, 0.717) is 0 Å². The second-order valence-electron chi connectivity index (χ2n) is 12.2. The number of rotatable bonds is 5. The van der Waals surface area contributed by atoms with Crippen molar-refractivity contribution in [2.24, 2.45) is 0 Å². The van der Waals surface area contributed by atoms with Crippen molar-refractivity contribution >= 4 is 33.6 Å². The molecule has 0 radical (unpaired) electrons. The summed E-state index contributed by atoms with van der Waals surface area (Å²) in [5.74, 6) is 0.927. The number of anilines is 2. The summed E-state index contributed by atoms with van der Waals surface area (Å²) in [5, 5.41) is 0. The second-order valence-corrected chi connectivity index (χ2v) is 12.2. The number of imidazole rings is 1. The van der Waals surface area contributed by atoms with Gasteiger partial charge in [-0.05, 0) is 89.4 Å². The fourth-order valence-corrected chi connectivity index (χ4v) is 6.55. The third-order valence-electron chi connectivity index (χ3n) is 9.05. The number of nitrogens with zero attached hydrogens (tertiary/aromatic N) is 3. The van der Waals surface area contributed by atoms with E-state index in [4.69, 9.17) is 4.98 Å². The van der Waals surface area contributed by atoms with Crippen LogP contribution >= 0.6 is 0 Å². The van der Waals surface area contributed by atoms with Crippen LogP contribution in [-0.2, 0) is 0 Å². The van der Waals surface area contributed by atoms with E-state index >= 15 is 0 Å². The van der Waals surface area contributed by atoms with E-state index < -0.39 is 0 Å². The fraction of sp³-hybridized carbons (Fsp3) is 0.0444. The van der Waals surface area contributed by atoms with Gasteiger partial charge in [0.1, 0.15) is 5.82 Å². The normalized spacial score (nSPS) is 14.8. The summed E-state index contributed by atoms with van der Waals surface area (Å²) in [6, 6.07) is 53.6. The number of hydrogen-bond acceptors (Lipinski definition) is 2. The highest BCUT2D eigenvalue weighted by molar-refractivity contribution is 5.93. The lowest BCUT2D eigenvalue weighted by Crippen LogP contribution is -2.18. The van der Waals surface area contributed by atoms with E-state index in [1.165, 1.54) is 11.1 Å². The lowest BCUT2D eigenvalue weighted by atomic mass is 9.94. The first-order chi connectivity index (χ1) is 23.6. The highest BCUT2D eigenvalue weighted by atomic mass is 15.1. The van der Waals surface area contributed by atoms with E-state index in [1.54, 1.807) is 0 Å². The van der Waals surface area contributed by atoms with E-state index in [-0.39, 0.29) is 0 Å². The van der Waals surface area contributed by atoms with Gasteiger partial charge in [-0.15, -0.1) is 0 Å². The average molecular weight is 618 g/mol. The Labute approximate surface area is 282 Å². The smallest absolute Gasteiger partial charge is 0.145 e. The quantitative estimate of drug-likeness (QED) is 0.192. The molecule has 3 nitrogen and oxygen atoms in total. The molecule has 0 atom stereocenters. The minimum atomic E-state index is 0.740. The highest BCUT2D eigenvalue weighted by Gasteiger charge is 2.18. The molecule has 6 aromatic carbocycles. The summed E-state index contributed by atoms with van der Waals surface area (Å²) in [6.45, 7) is 7.48. The molecule has 0 N–H and O–H groups in total. The maximum absolute atomic E-state index is 5.07. The molecule has 7 aromatic rings. The number of allylic oxidation sites excluding steroid dienone is 4. The molecule has 2 heterocycles. The van der Waals surface area contributed by atoms with Crippen LogP contribution in [0.15, 0.2) is 176 Å². The predicted molar refractivity (Wildman–Crippen MR) is 203 cm³/mol. The Kier molecular flexibility index (Phi) is 7.64. The molecular weight excluding hydrogens is 583 g/mol. The van der Waals surface area contributed by atoms with Crippen molar-refractivity contribution < 1.29 is 0 Å². The first-order valence-electron chi connectivity index (χ1n) is 16.4. The van der Waals surface area contributed by atoms with Gasteiger partial charge in [0.05, 0.1) is 11.0 Å². The Morgan fingerprint density at radius 3 is 2.04 bits per heavy atom. The Morgan fingerprint density at radius 2 is 1.27 bits per heavy atom. The second kappa shape index (κ2) is 12.5. The fourth-order valence-electron chi connectivity index (χ4n) is 6.55. The first kappa shape index (κ1) is 29.2. The zero-order chi connectivity index (χ0) is 32.5. The van der Waals surface area contributed by atoms with Gasteiger partial charge in [0, 0.05) is 34.7 Å². The monoisotopic (exact) mass is 617 g/mol. The zero-order valence-corrected chi connectivity index (χ0v) is 26.9. The highest BCUT2D eigenvalue weighted by Crippen LogP contribution is 2.39. The molecule has 230 valence electrons. The Balaban J connectivity index is 1.21. The van der Waals surface area contributed by atoms with Gasteiger partial charge < -0.3 is 4.90 Å². The van der Waals surface area contributed by atoms with Gasteiger partial charge in [0.15, 0.2) is 0 Å². The zero-order valence-electron chi connectivity index (χ0n) is 26.9. The summed E-state index contributed by atoms with van der Waals surface area (Å²) < 4.78 is 2.24. The third kappa shape index (κ3) is 5.56. The lowest BCUT2D eigenvalue weighted by molar-refractivity contribution is 1.09. The SMILES string of the molecule is C=C1/C=C(c2ccccc2)\C=C/CN(c2ccc(C)cc2)c2ccc(-c3ccc(-c4nc5ccccc5n4-c4ccccc4)cc3)cc21. The molecule has 1 aromatic heterocycles. The molecule has 0 unspecified atom stereocenters. The van der Waals surface area contributed by atoms with Gasteiger partial charge in [0.25, 0.3) is 0 Å². The molecule has 0 amide bonds. The van der Waals surface area contributed by atoms with Gasteiger partial charge in [-0.1, -0.05) is 127 Å². The molecule has 1 aliphatic heterocycles. The van der Waals surface area contributed by atoms with Gasteiger partial charge >= 0.3 is 0 Å². The molecule has 3 heteroatoms. The van der Waals surface area contributed by atoms with Crippen LogP contribution in [0.25, 0.3) is 50.4 Å². The number of para-hydroxylation sites is 3. The number of fused-ring (bicyclic) bond motifs is 2. The topological polar surface area (TPSA) is 21.1 Å². The maximum atomic E-state index is 5.07. The van der Waals surface area contributed by atoms with E-state index in [1.807, 2.05) is 12.1 Å². The number of aromatic nitrogens is 2. The Bertz CT molecular complexity index is 2310. The number of hydrogen-bond donors (Lipinski definition) is 0. The number of aryl methyl sites for hydroxylation is 1. The number of benzene rings is 6. The van der Waals surface area contributed by atoms with E-state index in [2.05, 4.69) is 181 Å². The largest absolute Gasteiger partial charge is 0.337 e. The summed E-state index contributed by atoms with van der Waals surface area (Å²) >= 11 is 0. The molecular formula is C45H35N3. The molecule has 0 fully saturated rings. The van der Waals surface area contributed by atoms with Crippen molar-refractivity contribution in [1.29, 1.82) is 0 Å². The molecule has 0 saturated heterocycles. The minimum Gasteiger partial charge on any atom is -0.337 e. The van der Waals surface area contributed by atoms with Gasteiger partial charge in [-0.3, -0.25) is 4.57 Å². The van der Waals surface area contributed by atoms with Crippen molar-refractivity contribution in [1.82, 2.24) is 9.55 Å². The van der Waals surface area contributed by atoms with Gasteiger partial charge in [0.2, 0.25) is 0 Å². The molecule has 0 spiro atoms. The van der Waals surface area contributed by atoms with Crippen LogP contribution in [0.4, 0.5) is 11.4 Å². The summed E-state index contributed by atoms with van der Waals surface area (Å²) in [6.07, 6.45) is 6.68. The van der Waals surface area contributed by atoms with Crippen LogP contribution in [0.2, 0.25) is 0 Å². The average Bonchev–Trinajstić information content (AvgIpc) is 3.56. The molecule has 1 aliphatic rings. The van der Waals surface area contributed by atoms with Crippen LogP contribution in [0, 0.1) is 6.92 Å². The Morgan fingerprint density at radius 1 is 0.604 bits per heavy atom. The van der Waals surface area contributed by atoms with Crippen molar-refractivity contribution in [3.63, 3.8) is 0 Å². The van der Waals surface area contributed by atoms with Crippen molar-refractivity contribution in [2.45, 2.75) is 6.92 Å². The maximum Gasteiger partial charge on any atom is 0.145 e. The van der Waals surface area contributed by atoms with Crippen molar-refractivity contribution in [3.05, 3.63) is 193 Å². The molecule has 0 saturated carbocycles. The van der Waals surface area contributed by atoms with E-state index in [9.17, 15) is 0 Å². The molecule has 0 bridgehead atoms. The van der Waals surface area contributed by atoms with E-state index in [0.717, 1.165) is 73.9 Å². The Hall–Kier alpha value is -6.19. The van der Waals surface area contributed by atoms with Crippen LogP contribution < -0.4 is 4.90 Å². The molecule has 8 rings (SSSR count). The molecule has 0 aliphatic carbocycles. The van der Waals surface area contributed by atoms with Crippen LogP contribution in [0.3, 0.4) is 0 Å². The minimum absolute atomic E-state index is 0.740. The third-order valence-corrected chi connectivity index (χ3v) is 9.05. The summed E-state index contributed by atoms with van der Waals surface area (Å²) in [4.78, 5) is 7.44. The van der Waals surface area contributed by atoms with Gasteiger partial charge in [-0.2, -0.15) is 0 Å². The summed E-state index contributed by atoms with van der Waals surface area (Å²) in [5.41, 5.74) is 14.5. The van der Waals surface area contributed by atoms with Crippen LogP contribution in [0.1, 0.15) is 16.7 Å². The summed E-state index contributed by atoms with van der Waals surface area (Å²) in [7, 11) is 0. The van der Waals surface area contributed by atoms with Gasteiger partial charge in [-0.25, -0.2) is 4.98 Å². The standard InChI is InChI=1S/C45H35N3/c1-32-19-26-39(27-20-32)47-29-11-14-37(34-12-5-3-6-13-34)30-33(2)41-31-38(25-28-43(41)47)35-21-23-36(24-22-35)45-46-42-17-9-10-18-44(42)48(45)40-15-7-4-8-16-40/h3-28,30-31H,2,29H2,1H3/b14-11-,37-30+. The van der Waals surface area contributed by atoms with Crippen LogP contribution in [0.5, 0.6) is 0 Å². The van der Waals surface area contributed by atoms with Crippen molar-refractivity contribution in [3.8, 4) is 28.2 Å². The lowest BCUT2D eigenvalue weighted by Gasteiger charge is -2.27. The van der Waals surface area contributed by atoms with Crippen LogP contribution in [-0.4, -0.2) is 16.1 Å². The molecule has 48 heavy (non-hydrogen) atoms. The predicted octanol–water partition coefficient (Wildman–Crippen LogP) is 11.5.